The fourth-order valence-electron chi connectivity index (χ4n) is 2.24. The third-order valence-corrected chi connectivity index (χ3v) is 3.32. The molecule has 0 radical (unpaired) electrons. The molecule has 0 aromatic rings. The molecule has 90 valence electrons. The highest BCUT2D eigenvalue weighted by Gasteiger charge is 2.25. The topological polar surface area (TPSA) is 55.3 Å². The molecule has 4 N–H and O–H groups in total. The highest BCUT2D eigenvalue weighted by atomic mass is 15.2. The summed E-state index contributed by atoms with van der Waals surface area (Å²) >= 11 is 0. The first-order chi connectivity index (χ1) is 7.24. The number of hydrogen-bond donors (Lipinski definition) is 2. The smallest absolute Gasteiger partial charge is 0.0334 e. The van der Waals surface area contributed by atoms with E-state index in [0.29, 0.717) is 0 Å². The highest BCUT2D eigenvalue weighted by molar-refractivity contribution is 4.89. The minimum atomic E-state index is 0.199. The van der Waals surface area contributed by atoms with Gasteiger partial charge in [-0.2, -0.15) is 0 Å². The van der Waals surface area contributed by atoms with Crippen molar-refractivity contribution in [2.75, 3.05) is 19.6 Å². The molecule has 0 bridgehead atoms. The summed E-state index contributed by atoms with van der Waals surface area (Å²) in [5.41, 5.74) is 11.7. The molecule has 15 heavy (non-hydrogen) atoms. The third kappa shape index (κ3) is 4.96. The van der Waals surface area contributed by atoms with Crippen molar-refractivity contribution in [2.24, 2.45) is 11.5 Å². The summed E-state index contributed by atoms with van der Waals surface area (Å²) in [6.45, 7) is 5.44. The minimum Gasteiger partial charge on any atom is -0.325 e. The molecule has 1 heterocycles. The van der Waals surface area contributed by atoms with Crippen LogP contribution in [0.25, 0.3) is 0 Å². The lowest BCUT2D eigenvalue weighted by molar-refractivity contribution is 0.321. The molecule has 3 nitrogen and oxygen atoms in total. The monoisotopic (exact) mass is 213 g/mol. The van der Waals surface area contributed by atoms with Gasteiger partial charge in [-0.15, -0.1) is 0 Å². The molecule has 3 heteroatoms. The van der Waals surface area contributed by atoms with Gasteiger partial charge in [-0.25, -0.2) is 0 Å². The van der Waals surface area contributed by atoms with E-state index in [2.05, 4.69) is 11.8 Å². The maximum absolute atomic E-state index is 5.87. The Morgan fingerprint density at radius 1 is 0.933 bits per heavy atom. The summed E-state index contributed by atoms with van der Waals surface area (Å²) in [7, 11) is 0. The number of nitrogens with two attached hydrogens (primary N) is 2. The standard InChI is InChI=1S/C12H27N3/c1-2-3-4-5-6-7-8-15-9-11(13)12(14)10-15/h11-12H,2-10,13-14H2,1H3/t11-,12-/m1/s1. The second kappa shape index (κ2) is 7.20. The van der Waals surface area contributed by atoms with E-state index >= 15 is 0 Å². The van der Waals surface area contributed by atoms with Crippen LogP contribution in [0, 0.1) is 0 Å². The van der Waals surface area contributed by atoms with E-state index < -0.39 is 0 Å². The molecule has 0 unspecified atom stereocenters. The van der Waals surface area contributed by atoms with Crippen molar-refractivity contribution in [2.45, 2.75) is 57.5 Å². The van der Waals surface area contributed by atoms with Crippen LogP contribution < -0.4 is 11.5 Å². The molecule has 0 amide bonds. The summed E-state index contributed by atoms with van der Waals surface area (Å²) < 4.78 is 0. The molecule has 0 aromatic carbocycles. The maximum Gasteiger partial charge on any atom is 0.0334 e. The van der Waals surface area contributed by atoms with Crippen molar-refractivity contribution in [1.29, 1.82) is 0 Å². The van der Waals surface area contributed by atoms with Crippen molar-refractivity contribution in [3.05, 3.63) is 0 Å². The predicted molar refractivity (Wildman–Crippen MR) is 65.8 cm³/mol. The molecule has 1 aliphatic rings. The van der Waals surface area contributed by atoms with Gasteiger partial charge in [0.25, 0.3) is 0 Å². The molecule has 0 saturated carbocycles. The van der Waals surface area contributed by atoms with Crippen LogP contribution in [0.3, 0.4) is 0 Å². The number of unbranched alkanes of at least 4 members (excludes halogenated alkanes) is 5. The Morgan fingerprint density at radius 2 is 1.47 bits per heavy atom. The Bertz CT molecular complexity index is 151. The summed E-state index contributed by atoms with van der Waals surface area (Å²) in [5.74, 6) is 0. The average molecular weight is 213 g/mol. The number of likely N-dealkylation sites (tertiary alicyclic amines) is 1. The van der Waals surface area contributed by atoms with E-state index in [1.807, 2.05) is 0 Å². The summed E-state index contributed by atoms with van der Waals surface area (Å²) in [5, 5.41) is 0. The minimum absolute atomic E-state index is 0.199. The summed E-state index contributed by atoms with van der Waals surface area (Å²) in [4.78, 5) is 2.41. The molecule has 1 fully saturated rings. The zero-order valence-corrected chi connectivity index (χ0v) is 10.1. The number of hydrogen-bond acceptors (Lipinski definition) is 3. The molecule has 0 aromatic heterocycles. The highest BCUT2D eigenvalue weighted by Crippen LogP contribution is 2.10. The van der Waals surface area contributed by atoms with Gasteiger partial charge < -0.3 is 16.4 Å². The van der Waals surface area contributed by atoms with E-state index in [4.69, 9.17) is 11.5 Å². The van der Waals surface area contributed by atoms with Crippen molar-refractivity contribution in [1.82, 2.24) is 4.90 Å². The molecule has 1 rings (SSSR count). The first-order valence-electron chi connectivity index (χ1n) is 6.47. The Labute approximate surface area is 94.2 Å². The number of nitrogens with zero attached hydrogens (tertiary/aromatic N) is 1. The Kier molecular flexibility index (Phi) is 6.22. The lowest BCUT2D eigenvalue weighted by Gasteiger charge is -2.14. The molecule has 2 atom stereocenters. The van der Waals surface area contributed by atoms with Gasteiger partial charge in [0.1, 0.15) is 0 Å². The van der Waals surface area contributed by atoms with Crippen LogP contribution >= 0.6 is 0 Å². The van der Waals surface area contributed by atoms with Gasteiger partial charge in [-0.05, 0) is 13.0 Å². The first kappa shape index (κ1) is 12.9. The van der Waals surface area contributed by atoms with E-state index in [-0.39, 0.29) is 12.1 Å². The lowest BCUT2D eigenvalue weighted by atomic mass is 10.1. The van der Waals surface area contributed by atoms with Gasteiger partial charge in [-0.1, -0.05) is 39.0 Å². The van der Waals surface area contributed by atoms with Crippen molar-refractivity contribution in [3.8, 4) is 0 Å². The maximum atomic E-state index is 5.87. The molecule has 1 aliphatic heterocycles. The molecule has 0 aliphatic carbocycles. The Balaban J connectivity index is 1.92. The predicted octanol–water partition coefficient (Wildman–Crippen LogP) is 1.32. The SMILES string of the molecule is CCCCCCCCN1C[C@@H](N)[C@H](N)C1. The van der Waals surface area contributed by atoms with Crippen LogP contribution in [0.1, 0.15) is 45.4 Å². The van der Waals surface area contributed by atoms with E-state index in [1.54, 1.807) is 0 Å². The number of rotatable bonds is 7. The van der Waals surface area contributed by atoms with Gasteiger partial charge >= 0.3 is 0 Å². The zero-order valence-electron chi connectivity index (χ0n) is 10.1. The van der Waals surface area contributed by atoms with Crippen LogP contribution in [-0.2, 0) is 0 Å². The van der Waals surface area contributed by atoms with Gasteiger partial charge in [0.2, 0.25) is 0 Å². The Hall–Kier alpha value is -0.120. The van der Waals surface area contributed by atoms with Crippen molar-refractivity contribution < 1.29 is 0 Å². The van der Waals surface area contributed by atoms with E-state index in [1.165, 1.54) is 45.1 Å². The quantitative estimate of drug-likeness (QED) is 0.627. The second-order valence-electron chi connectivity index (χ2n) is 4.86. The third-order valence-electron chi connectivity index (χ3n) is 3.32. The van der Waals surface area contributed by atoms with Gasteiger partial charge in [0.05, 0.1) is 0 Å². The second-order valence-corrected chi connectivity index (χ2v) is 4.86. The largest absolute Gasteiger partial charge is 0.325 e. The molecular formula is C12H27N3. The summed E-state index contributed by atoms with van der Waals surface area (Å²) in [6.07, 6.45) is 8.18. The normalized spacial score (nSPS) is 27.4. The van der Waals surface area contributed by atoms with Gasteiger partial charge in [0.15, 0.2) is 0 Å². The van der Waals surface area contributed by atoms with E-state index in [9.17, 15) is 0 Å². The van der Waals surface area contributed by atoms with Crippen molar-refractivity contribution in [3.63, 3.8) is 0 Å². The Morgan fingerprint density at radius 3 is 2.07 bits per heavy atom. The average Bonchev–Trinajstić information content (AvgIpc) is 2.52. The lowest BCUT2D eigenvalue weighted by Crippen LogP contribution is -2.39. The van der Waals surface area contributed by atoms with Gasteiger partial charge in [-0.3, -0.25) is 0 Å². The van der Waals surface area contributed by atoms with E-state index in [0.717, 1.165) is 13.1 Å². The fourth-order valence-corrected chi connectivity index (χ4v) is 2.24. The molecule has 0 spiro atoms. The summed E-state index contributed by atoms with van der Waals surface area (Å²) in [6, 6.07) is 0.398. The molecule has 1 saturated heterocycles. The van der Waals surface area contributed by atoms with Crippen LogP contribution in [0.15, 0.2) is 0 Å². The van der Waals surface area contributed by atoms with Crippen LogP contribution in [0.2, 0.25) is 0 Å². The van der Waals surface area contributed by atoms with Crippen molar-refractivity contribution >= 4 is 0 Å². The fraction of sp³-hybridized carbons (Fsp3) is 1.00. The van der Waals surface area contributed by atoms with Gasteiger partial charge in [0, 0.05) is 25.2 Å². The first-order valence-corrected chi connectivity index (χ1v) is 6.47. The zero-order chi connectivity index (χ0) is 11.1. The van der Waals surface area contributed by atoms with Crippen LogP contribution in [0.5, 0.6) is 0 Å². The van der Waals surface area contributed by atoms with Crippen LogP contribution in [-0.4, -0.2) is 36.6 Å². The molecular weight excluding hydrogens is 186 g/mol. The van der Waals surface area contributed by atoms with Crippen LogP contribution in [0.4, 0.5) is 0 Å².